The SMILES string of the molecule is CC(C)=Nc1nccc(C)n1. The van der Waals surface area contributed by atoms with Crippen LogP contribution in [0.3, 0.4) is 0 Å². The highest BCUT2D eigenvalue weighted by atomic mass is 15.0. The molecule has 0 spiro atoms. The highest BCUT2D eigenvalue weighted by molar-refractivity contribution is 5.81. The Balaban J connectivity index is 2.97. The standard InChI is InChI=1S/C8H11N3/c1-6(2)10-8-9-5-4-7(3)11-8/h4-5H,1-3H3. The van der Waals surface area contributed by atoms with Crippen molar-refractivity contribution in [3.8, 4) is 0 Å². The van der Waals surface area contributed by atoms with Crippen LogP contribution in [-0.4, -0.2) is 15.7 Å². The molecule has 11 heavy (non-hydrogen) atoms. The van der Waals surface area contributed by atoms with Gasteiger partial charge < -0.3 is 0 Å². The Morgan fingerprint density at radius 2 is 2.18 bits per heavy atom. The van der Waals surface area contributed by atoms with Gasteiger partial charge in [-0.15, -0.1) is 0 Å². The molecule has 1 rings (SSSR count). The van der Waals surface area contributed by atoms with Gasteiger partial charge in [-0.05, 0) is 26.8 Å². The predicted octanol–water partition coefficient (Wildman–Crippen LogP) is 1.90. The molecule has 0 aliphatic rings. The zero-order valence-corrected chi connectivity index (χ0v) is 7.00. The molecule has 0 bridgehead atoms. The van der Waals surface area contributed by atoms with E-state index in [0.717, 1.165) is 11.4 Å². The Morgan fingerprint density at radius 1 is 1.45 bits per heavy atom. The van der Waals surface area contributed by atoms with E-state index in [0.29, 0.717) is 5.95 Å². The van der Waals surface area contributed by atoms with Gasteiger partial charge in [-0.1, -0.05) is 0 Å². The molecule has 1 aromatic heterocycles. The van der Waals surface area contributed by atoms with Gasteiger partial charge in [-0.25, -0.2) is 15.0 Å². The topological polar surface area (TPSA) is 38.1 Å². The molecule has 3 heteroatoms. The molecule has 1 aromatic rings. The average molecular weight is 149 g/mol. The molecule has 1 heterocycles. The lowest BCUT2D eigenvalue weighted by molar-refractivity contribution is 1.08. The van der Waals surface area contributed by atoms with Crippen molar-refractivity contribution >= 4 is 11.7 Å². The molecule has 0 amide bonds. The van der Waals surface area contributed by atoms with E-state index in [1.165, 1.54) is 0 Å². The Labute approximate surface area is 66.2 Å². The summed E-state index contributed by atoms with van der Waals surface area (Å²) >= 11 is 0. The molecule has 58 valence electrons. The largest absolute Gasteiger partial charge is 0.249 e. The molecule has 0 N–H and O–H groups in total. The second-order valence-electron chi connectivity index (χ2n) is 2.56. The number of rotatable bonds is 1. The summed E-state index contributed by atoms with van der Waals surface area (Å²) in [5.74, 6) is 0.546. The van der Waals surface area contributed by atoms with E-state index < -0.39 is 0 Å². The van der Waals surface area contributed by atoms with E-state index in [2.05, 4.69) is 15.0 Å². The highest BCUT2D eigenvalue weighted by Crippen LogP contribution is 2.02. The monoisotopic (exact) mass is 149 g/mol. The van der Waals surface area contributed by atoms with Crippen LogP contribution in [0.25, 0.3) is 0 Å². The molecule has 0 unspecified atom stereocenters. The molecule has 0 saturated heterocycles. The van der Waals surface area contributed by atoms with Gasteiger partial charge in [0.1, 0.15) is 0 Å². The molecule has 0 aromatic carbocycles. The Morgan fingerprint density at radius 3 is 2.73 bits per heavy atom. The summed E-state index contributed by atoms with van der Waals surface area (Å²) in [5, 5.41) is 0. The van der Waals surface area contributed by atoms with Crippen LogP contribution in [0.15, 0.2) is 17.3 Å². The molecule has 0 fully saturated rings. The van der Waals surface area contributed by atoms with Crippen LogP contribution in [0, 0.1) is 6.92 Å². The van der Waals surface area contributed by atoms with Gasteiger partial charge >= 0.3 is 0 Å². The fourth-order valence-electron chi connectivity index (χ4n) is 0.690. The summed E-state index contributed by atoms with van der Waals surface area (Å²) in [6.45, 7) is 5.77. The normalized spacial score (nSPS) is 9.36. The number of aryl methyl sites for hydroxylation is 1. The summed E-state index contributed by atoms with van der Waals surface area (Å²) < 4.78 is 0. The third kappa shape index (κ3) is 2.45. The first-order valence-electron chi connectivity index (χ1n) is 3.50. The smallest absolute Gasteiger partial charge is 0.221 e. The van der Waals surface area contributed by atoms with Crippen molar-refractivity contribution in [2.24, 2.45) is 4.99 Å². The van der Waals surface area contributed by atoms with Crippen molar-refractivity contribution in [1.29, 1.82) is 0 Å². The fourth-order valence-corrected chi connectivity index (χ4v) is 0.690. The number of hydrogen-bond acceptors (Lipinski definition) is 3. The van der Waals surface area contributed by atoms with E-state index in [-0.39, 0.29) is 0 Å². The first-order chi connectivity index (χ1) is 5.18. The molecule has 0 aliphatic carbocycles. The number of nitrogens with zero attached hydrogens (tertiary/aromatic N) is 3. The second-order valence-corrected chi connectivity index (χ2v) is 2.56. The van der Waals surface area contributed by atoms with Crippen molar-refractivity contribution in [2.45, 2.75) is 20.8 Å². The lowest BCUT2D eigenvalue weighted by atomic mass is 10.4. The minimum absolute atomic E-state index is 0.546. The highest BCUT2D eigenvalue weighted by Gasteiger charge is 1.91. The maximum absolute atomic E-state index is 4.11. The zero-order chi connectivity index (χ0) is 8.27. The first kappa shape index (κ1) is 7.85. The fraction of sp³-hybridized carbons (Fsp3) is 0.375. The van der Waals surface area contributed by atoms with Crippen LogP contribution in [0.5, 0.6) is 0 Å². The number of aromatic nitrogens is 2. The minimum atomic E-state index is 0.546. The van der Waals surface area contributed by atoms with Crippen molar-refractivity contribution in [2.75, 3.05) is 0 Å². The van der Waals surface area contributed by atoms with Gasteiger partial charge in [0.25, 0.3) is 0 Å². The van der Waals surface area contributed by atoms with Crippen LogP contribution >= 0.6 is 0 Å². The molecule has 3 nitrogen and oxygen atoms in total. The molecule has 0 saturated carbocycles. The summed E-state index contributed by atoms with van der Waals surface area (Å²) in [6.07, 6.45) is 1.71. The van der Waals surface area contributed by atoms with Gasteiger partial charge in [0.2, 0.25) is 5.95 Å². The maximum atomic E-state index is 4.11. The van der Waals surface area contributed by atoms with Crippen LogP contribution in [0.1, 0.15) is 19.5 Å². The lowest BCUT2D eigenvalue weighted by Gasteiger charge is -1.93. The maximum Gasteiger partial charge on any atom is 0.249 e. The Hall–Kier alpha value is -1.25. The van der Waals surface area contributed by atoms with Gasteiger partial charge in [-0.2, -0.15) is 0 Å². The van der Waals surface area contributed by atoms with Crippen LogP contribution in [0.4, 0.5) is 5.95 Å². The molecule has 0 atom stereocenters. The van der Waals surface area contributed by atoms with Gasteiger partial charge in [0.05, 0.1) is 0 Å². The van der Waals surface area contributed by atoms with Crippen LogP contribution in [-0.2, 0) is 0 Å². The first-order valence-corrected chi connectivity index (χ1v) is 3.50. The third-order valence-electron chi connectivity index (χ3n) is 1.11. The molecular formula is C8H11N3. The summed E-state index contributed by atoms with van der Waals surface area (Å²) in [5.41, 5.74) is 1.91. The minimum Gasteiger partial charge on any atom is -0.221 e. The molecule has 0 radical (unpaired) electrons. The second kappa shape index (κ2) is 3.23. The van der Waals surface area contributed by atoms with E-state index in [4.69, 9.17) is 0 Å². The lowest BCUT2D eigenvalue weighted by Crippen LogP contribution is -1.86. The number of aliphatic imine (C=N–C) groups is 1. The van der Waals surface area contributed by atoms with Crippen molar-refractivity contribution < 1.29 is 0 Å². The molecular weight excluding hydrogens is 138 g/mol. The van der Waals surface area contributed by atoms with Gasteiger partial charge in [-0.3, -0.25) is 0 Å². The Kier molecular flexibility index (Phi) is 2.31. The zero-order valence-electron chi connectivity index (χ0n) is 7.00. The van der Waals surface area contributed by atoms with Gasteiger partial charge in [0.15, 0.2) is 0 Å². The van der Waals surface area contributed by atoms with E-state index in [1.807, 2.05) is 26.8 Å². The predicted molar refractivity (Wildman–Crippen MR) is 45.2 cm³/mol. The average Bonchev–Trinajstić information content (AvgIpc) is 1.85. The van der Waals surface area contributed by atoms with Crippen LogP contribution < -0.4 is 0 Å². The van der Waals surface area contributed by atoms with Crippen LogP contribution in [0.2, 0.25) is 0 Å². The summed E-state index contributed by atoms with van der Waals surface area (Å²) in [6, 6.07) is 1.85. The Bertz CT molecular complexity index is 274. The number of hydrogen-bond donors (Lipinski definition) is 0. The molecule has 0 aliphatic heterocycles. The van der Waals surface area contributed by atoms with Crippen molar-refractivity contribution in [1.82, 2.24) is 9.97 Å². The van der Waals surface area contributed by atoms with Crippen molar-refractivity contribution in [3.63, 3.8) is 0 Å². The van der Waals surface area contributed by atoms with Crippen molar-refractivity contribution in [3.05, 3.63) is 18.0 Å². The summed E-state index contributed by atoms with van der Waals surface area (Å²) in [7, 11) is 0. The summed E-state index contributed by atoms with van der Waals surface area (Å²) in [4.78, 5) is 12.2. The van der Waals surface area contributed by atoms with Gasteiger partial charge in [0, 0.05) is 17.6 Å². The third-order valence-corrected chi connectivity index (χ3v) is 1.11. The van der Waals surface area contributed by atoms with E-state index >= 15 is 0 Å². The quantitative estimate of drug-likeness (QED) is 0.572. The van der Waals surface area contributed by atoms with E-state index in [1.54, 1.807) is 6.20 Å². The van der Waals surface area contributed by atoms with E-state index in [9.17, 15) is 0 Å².